The van der Waals surface area contributed by atoms with Crippen LogP contribution in [0.4, 0.5) is 0 Å². The Hall–Kier alpha value is -6.87. The summed E-state index contributed by atoms with van der Waals surface area (Å²) in [6, 6.07) is 32.2. The van der Waals surface area contributed by atoms with Crippen molar-refractivity contribution in [2.24, 2.45) is 9.98 Å². The lowest BCUT2D eigenvalue weighted by atomic mass is 9.98. The molecule has 0 saturated heterocycles. The molecule has 0 unspecified atom stereocenters. The van der Waals surface area contributed by atoms with E-state index in [-0.39, 0.29) is 44.1 Å². The predicted molar refractivity (Wildman–Crippen MR) is 244 cm³/mol. The van der Waals surface area contributed by atoms with Gasteiger partial charge in [-0.2, -0.15) is 0 Å². The Balaban J connectivity index is 0.955. The highest BCUT2D eigenvalue weighted by Gasteiger charge is 2.28. The number of hydrogen-bond acceptors (Lipinski definition) is 8. The van der Waals surface area contributed by atoms with Crippen LogP contribution < -0.4 is 0 Å². The number of hydrogen-bond donors (Lipinski definition) is 0. The average molecular weight is 839 g/mol. The zero-order chi connectivity index (χ0) is 42.7. The molecule has 2 aromatic heterocycles. The van der Waals surface area contributed by atoms with E-state index in [1.807, 2.05) is 94.1 Å². The first-order valence-electron chi connectivity index (χ1n) is 20.4. The molecule has 0 saturated carbocycles. The second kappa shape index (κ2) is 17.0. The van der Waals surface area contributed by atoms with Gasteiger partial charge >= 0.3 is 11.9 Å². The maximum atomic E-state index is 13.5. The molecular weight excluding hydrogens is 793 g/mol. The first-order chi connectivity index (χ1) is 29.3. The van der Waals surface area contributed by atoms with Crippen molar-refractivity contribution >= 4 is 39.5 Å². The van der Waals surface area contributed by atoms with Gasteiger partial charge < -0.3 is 9.47 Å². The smallest absolute Gasteiger partial charge is 0.358 e. The summed E-state index contributed by atoms with van der Waals surface area (Å²) < 4.78 is 15.2. The third-order valence-electron chi connectivity index (χ3n) is 9.93. The van der Waals surface area contributed by atoms with Crippen LogP contribution in [0, 0.1) is 22.9 Å². The Morgan fingerprint density at radius 3 is 1.39 bits per heavy atom. The quantitative estimate of drug-likeness (QED) is 0.0657. The second-order valence-electron chi connectivity index (χ2n) is 17.0. The summed E-state index contributed by atoms with van der Waals surface area (Å²) in [5, 5.41) is 0. The van der Waals surface area contributed by atoms with E-state index in [1.165, 1.54) is 0 Å². The maximum absolute atomic E-state index is 13.5. The Morgan fingerprint density at radius 1 is 0.590 bits per heavy atom. The number of carbonyl (C=O) groups excluding carboxylic acids is 2. The Morgan fingerprint density at radius 2 is 1.00 bits per heavy atom. The molecule has 0 amide bonds. The van der Waals surface area contributed by atoms with E-state index in [0.29, 0.717) is 11.4 Å². The summed E-state index contributed by atoms with van der Waals surface area (Å²) in [7, 11) is -3.20. The number of nitrogens with zero attached hydrogens (tertiary/aromatic N) is 6. The van der Waals surface area contributed by atoms with Crippen molar-refractivity contribution in [2.45, 2.75) is 58.8 Å². The van der Waals surface area contributed by atoms with E-state index in [9.17, 15) is 9.59 Å². The number of carbonyl (C=O) groups is 2. The van der Waals surface area contributed by atoms with Crippen molar-refractivity contribution < 1.29 is 19.1 Å². The van der Waals surface area contributed by atoms with Gasteiger partial charge in [0.1, 0.15) is 28.8 Å². The van der Waals surface area contributed by atoms with Crippen LogP contribution >= 0.6 is 0 Å². The van der Waals surface area contributed by atoms with E-state index in [0.717, 1.165) is 56.2 Å². The standard InChI is InChI=1S/C49H46N6O4Si2/c1-60(2,3)26-22-34-18-20-40-38(28-34)44(36-14-9-7-10-15-36)50-30-42-46(52-32-54(40)42)48(56)58-24-13-25-59-49(57)47-43-31-51-45(37-16-11-8-12-17-37)39-29-35(23-27-61(4,5)6)19-21-41(39)55(43)33-53-47/h7-12,14-21,28-29,32-33H,13,24-25,30-31H2,1-6H3. The van der Waals surface area contributed by atoms with Crippen molar-refractivity contribution in [2.75, 3.05) is 13.2 Å². The van der Waals surface area contributed by atoms with Crippen molar-refractivity contribution in [3.8, 4) is 34.3 Å². The lowest BCUT2D eigenvalue weighted by Crippen LogP contribution is -2.16. The molecule has 4 aromatic carbocycles. The summed E-state index contributed by atoms with van der Waals surface area (Å²) in [5.41, 5.74) is 17.4. The predicted octanol–water partition coefficient (Wildman–Crippen LogP) is 8.62. The SMILES string of the molecule is C[Si](C)(C)C#Cc1ccc2c(c1)C(c1ccccc1)=NCc1c(C(=O)OCCCOC(=O)c3ncn4c3CN=C(c3ccccc3)c3cc(C#C[Si](C)(C)C)ccc3-4)ncn1-2. The number of benzene rings is 4. The molecule has 0 spiro atoms. The van der Waals surface area contributed by atoms with Crippen molar-refractivity contribution in [1.29, 1.82) is 0 Å². The molecule has 0 atom stereocenters. The van der Waals surface area contributed by atoms with Gasteiger partial charge in [0, 0.05) is 39.8 Å². The van der Waals surface area contributed by atoms with Crippen molar-refractivity contribution in [3.63, 3.8) is 0 Å². The number of fused-ring (bicyclic) bond motifs is 6. The fourth-order valence-corrected chi connectivity index (χ4v) is 8.08. The zero-order valence-electron chi connectivity index (χ0n) is 35.2. The molecule has 2 aliphatic rings. The molecule has 304 valence electrons. The minimum Gasteiger partial charge on any atom is -0.461 e. The molecule has 8 rings (SSSR count). The van der Waals surface area contributed by atoms with Crippen LogP contribution in [0.5, 0.6) is 0 Å². The summed E-state index contributed by atoms with van der Waals surface area (Å²) in [4.78, 5) is 46.0. The second-order valence-corrected chi connectivity index (χ2v) is 26.5. The fourth-order valence-electron chi connectivity index (χ4n) is 7.04. The molecule has 61 heavy (non-hydrogen) atoms. The van der Waals surface area contributed by atoms with Crippen molar-refractivity contribution in [1.82, 2.24) is 19.1 Å². The minimum absolute atomic E-state index is 0.0228. The first-order valence-corrected chi connectivity index (χ1v) is 27.4. The monoisotopic (exact) mass is 838 g/mol. The van der Waals surface area contributed by atoms with Crippen LogP contribution in [0.25, 0.3) is 11.4 Å². The molecule has 6 aromatic rings. The number of imidazole rings is 2. The van der Waals surface area contributed by atoms with Crippen LogP contribution in [0.3, 0.4) is 0 Å². The molecule has 0 N–H and O–H groups in total. The number of rotatable bonds is 8. The number of esters is 2. The molecule has 0 fully saturated rings. The van der Waals surface area contributed by atoms with E-state index in [2.05, 4.69) is 84.3 Å². The van der Waals surface area contributed by atoms with Gasteiger partial charge in [-0.3, -0.25) is 19.1 Å². The number of aromatic nitrogens is 4. The molecule has 12 heteroatoms. The van der Waals surface area contributed by atoms with E-state index in [1.54, 1.807) is 12.7 Å². The summed E-state index contributed by atoms with van der Waals surface area (Å²) in [5.74, 6) is 5.60. The largest absolute Gasteiger partial charge is 0.461 e. The number of aliphatic imine (C=N–C) groups is 2. The van der Waals surface area contributed by atoms with Gasteiger partial charge in [0.15, 0.2) is 11.4 Å². The normalized spacial score (nSPS) is 12.9. The van der Waals surface area contributed by atoms with Crippen LogP contribution in [-0.4, -0.2) is 71.8 Å². The van der Waals surface area contributed by atoms with E-state index in [4.69, 9.17) is 19.5 Å². The van der Waals surface area contributed by atoms with Gasteiger partial charge in [0.25, 0.3) is 0 Å². The van der Waals surface area contributed by atoms with Gasteiger partial charge in [-0.05, 0) is 36.4 Å². The number of ether oxygens (including phenoxy) is 2. The summed E-state index contributed by atoms with van der Waals surface area (Å²) >= 11 is 0. The van der Waals surface area contributed by atoms with Crippen LogP contribution in [0.15, 0.2) is 120 Å². The third-order valence-corrected chi connectivity index (χ3v) is 11.7. The van der Waals surface area contributed by atoms with Crippen LogP contribution in [-0.2, 0) is 22.6 Å². The van der Waals surface area contributed by atoms with Crippen LogP contribution in [0.1, 0.15) is 72.2 Å². The van der Waals surface area contributed by atoms with Gasteiger partial charge in [-0.1, -0.05) is 112 Å². The Kier molecular flexibility index (Phi) is 11.4. The van der Waals surface area contributed by atoms with Crippen molar-refractivity contribution in [3.05, 3.63) is 166 Å². The van der Waals surface area contributed by atoms with Gasteiger partial charge in [0.2, 0.25) is 0 Å². The Labute approximate surface area is 358 Å². The fraction of sp³-hybridized carbons (Fsp3) is 0.224. The first kappa shape index (κ1) is 40.9. The highest BCUT2D eigenvalue weighted by atomic mass is 28.3. The third kappa shape index (κ3) is 9.16. The minimum atomic E-state index is -1.60. The molecule has 0 bridgehead atoms. The van der Waals surface area contributed by atoms with Gasteiger partial charge in [-0.15, -0.1) is 11.1 Å². The lowest BCUT2D eigenvalue weighted by Gasteiger charge is -2.13. The average Bonchev–Trinajstić information content (AvgIpc) is 3.78. The lowest BCUT2D eigenvalue weighted by molar-refractivity contribution is 0.0388. The van der Waals surface area contributed by atoms with Gasteiger partial charge in [-0.25, -0.2) is 19.6 Å². The van der Waals surface area contributed by atoms with E-state index >= 15 is 0 Å². The summed E-state index contributed by atoms with van der Waals surface area (Å²) in [6.45, 7) is 13.8. The molecule has 2 aliphatic heterocycles. The molecular formula is C49H46N6O4Si2. The van der Waals surface area contributed by atoms with Crippen LogP contribution in [0.2, 0.25) is 39.3 Å². The highest BCUT2D eigenvalue weighted by Crippen LogP contribution is 2.30. The zero-order valence-corrected chi connectivity index (χ0v) is 37.2. The summed E-state index contributed by atoms with van der Waals surface area (Å²) in [6.07, 6.45) is 3.57. The topological polar surface area (TPSA) is 113 Å². The van der Waals surface area contributed by atoms with E-state index < -0.39 is 28.1 Å². The van der Waals surface area contributed by atoms with Gasteiger partial charge in [0.05, 0.1) is 60.5 Å². The molecule has 10 nitrogen and oxygen atoms in total. The highest BCUT2D eigenvalue weighted by molar-refractivity contribution is 6.84. The molecule has 0 radical (unpaired) electrons. The Bertz CT molecular complexity index is 2660. The molecule has 0 aliphatic carbocycles. The molecule has 4 heterocycles. The maximum Gasteiger partial charge on any atom is 0.358 e.